The first kappa shape index (κ1) is 26.0. The van der Waals surface area contributed by atoms with Gasteiger partial charge < -0.3 is 25.0 Å². The molecule has 10 heteroatoms. The number of methoxy groups -OCH3 is 1. The Morgan fingerprint density at radius 2 is 1.79 bits per heavy atom. The van der Waals surface area contributed by atoms with E-state index >= 15 is 0 Å². The van der Waals surface area contributed by atoms with Crippen LogP contribution in [0.4, 0.5) is 27.5 Å². The lowest BCUT2D eigenvalue weighted by Crippen LogP contribution is -2.25. The number of nitro benzene ring substituents is 1. The number of rotatable bonds is 8. The lowest BCUT2D eigenvalue weighted by Gasteiger charge is -2.20. The number of hydrogen-bond acceptors (Lipinski definition) is 6. The number of urea groups is 1. The predicted octanol–water partition coefficient (Wildman–Crippen LogP) is 6.09. The molecule has 2 N–H and O–H groups in total. The molecule has 0 spiro atoms. The van der Waals surface area contributed by atoms with E-state index in [1.165, 1.54) is 31.0 Å². The summed E-state index contributed by atoms with van der Waals surface area (Å²) in [6, 6.07) is 18.1. The summed E-state index contributed by atoms with van der Waals surface area (Å²) in [5.74, 6) is 1.36. The van der Waals surface area contributed by atoms with Gasteiger partial charge in [-0.3, -0.25) is 14.9 Å². The molecule has 2 fully saturated rings. The molecule has 1 saturated carbocycles. The minimum atomic E-state index is -0.625. The Hall–Kier alpha value is -4.60. The first-order chi connectivity index (χ1) is 18.9. The molecule has 0 bridgehead atoms. The second-order valence-corrected chi connectivity index (χ2v) is 9.74. The molecule has 5 rings (SSSR count). The number of nitro groups is 1. The Bertz CT molecular complexity index is 1390. The number of ether oxygens (including phenoxy) is 2. The van der Waals surface area contributed by atoms with Crippen molar-refractivity contribution in [2.75, 3.05) is 29.2 Å². The molecule has 1 saturated heterocycles. The number of nitrogens with zero attached hydrogens (tertiary/aromatic N) is 2. The number of hydrogen-bond donors (Lipinski definition) is 2. The lowest BCUT2D eigenvalue weighted by molar-refractivity contribution is -0.383. The molecule has 0 aromatic heterocycles. The van der Waals surface area contributed by atoms with E-state index in [0.29, 0.717) is 35.8 Å². The molecule has 3 amide bonds. The Balaban J connectivity index is 1.27. The van der Waals surface area contributed by atoms with Crippen molar-refractivity contribution in [1.82, 2.24) is 0 Å². The number of amides is 3. The number of carbonyl (C=O) groups excluding carboxylic acids is 2. The van der Waals surface area contributed by atoms with Crippen LogP contribution in [-0.4, -0.2) is 36.6 Å². The SMILES string of the molecule is COc1ccc(C2CC(=O)N(c3cccc(NC(=O)Nc4ccccc4[N+](=O)[O-])c3)C2)cc1OC1CCCC1. The average molecular weight is 531 g/mol. The zero-order valence-electron chi connectivity index (χ0n) is 21.6. The van der Waals surface area contributed by atoms with Crippen LogP contribution in [0.5, 0.6) is 11.5 Å². The number of carbonyl (C=O) groups is 2. The van der Waals surface area contributed by atoms with Crippen molar-refractivity contribution in [2.24, 2.45) is 0 Å². The van der Waals surface area contributed by atoms with Gasteiger partial charge in [0.25, 0.3) is 5.69 Å². The van der Waals surface area contributed by atoms with Gasteiger partial charge in [0.2, 0.25) is 5.91 Å². The molecule has 1 atom stereocenters. The zero-order valence-corrected chi connectivity index (χ0v) is 21.6. The van der Waals surface area contributed by atoms with Gasteiger partial charge in [0.15, 0.2) is 11.5 Å². The van der Waals surface area contributed by atoms with Crippen LogP contribution in [0.15, 0.2) is 66.7 Å². The van der Waals surface area contributed by atoms with Crippen molar-refractivity contribution >= 4 is 34.7 Å². The highest BCUT2D eigenvalue weighted by molar-refractivity contribution is 6.02. The zero-order chi connectivity index (χ0) is 27.4. The molecular formula is C29H30N4O6. The van der Waals surface area contributed by atoms with Gasteiger partial charge in [0, 0.05) is 36.3 Å². The van der Waals surface area contributed by atoms with Crippen LogP contribution in [0.1, 0.15) is 43.6 Å². The Kier molecular flexibility index (Phi) is 7.62. The van der Waals surface area contributed by atoms with Crippen LogP contribution in [0.3, 0.4) is 0 Å². The quantitative estimate of drug-likeness (QED) is 0.268. The van der Waals surface area contributed by atoms with Crippen LogP contribution >= 0.6 is 0 Å². The van der Waals surface area contributed by atoms with Gasteiger partial charge >= 0.3 is 6.03 Å². The van der Waals surface area contributed by atoms with E-state index < -0.39 is 11.0 Å². The molecule has 3 aromatic rings. The molecule has 202 valence electrons. The van der Waals surface area contributed by atoms with E-state index in [-0.39, 0.29) is 29.3 Å². The van der Waals surface area contributed by atoms with E-state index in [4.69, 9.17) is 9.47 Å². The Morgan fingerprint density at radius 1 is 1.00 bits per heavy atom. The fourth-order valence-corrected chi connectivity index (χ4v) is 5.18. The summed E-state index contributed by atoms with van der Waals surface area (Å²) in [7, 11) is 1.62. The minimum absolute atomic E-state index is 0.0180. The minimum Gasteiger partial charge on any atom is -0.493 e. The summed E-state index contributed by atoms with van der Waals surface area (Å²) < 4.78 is 11.8. The van der Waals surface area contributed by atoms with Gasteiger partial charge in [0.05, 0.1) is 18.1 Å². The van der Waals surface area contributed by atoms with E-state index in [1.54, 1.807) is 36.3 Å². The first-order valence-electron chi connectivity index (χ1n) is 13.0. The summed E-state index contributed by atoms with van der Waals surface area (Å²) in [6.45, 7) is 0.486. The van der Waals surface area contributed by atoms with Gasteiger partial charge in [-0.15, -0.1) is 0 Å². The second-order valence-electron chi connectivity index (χ2n) is 9.74. The molecule has 1 heterocycles. The summed E-state index contributed by atoms with van der Waals surface area (Å²) in [4.78, 5) is 38.0. The highest BCUT2D eigenvalue weighted by atomic mass is 16.6. The molecule has 1 aliphatic heterocycles. The maximum absolute atomic E-state index is 13.0. The maximum atomic E-state index is 13.0. The third kappa shape index (κ3) is 5.95. The molecule has 10 nitrogen and oxygen atoms in total. The molecule has 2 aliphatic rings. The summed E-state index contributed by atoms with van der Waals surface area (Å²) in [5, 5.41) is 16.4. The van der Waals surface area contributed by atoms with Gasteiger partial charge in [-0.25, -0.2) is 4.79 Å². The predicted molar refractivity (Wildman–Crippen MR) is 148 cm³/mol. The van der Waals surface area contributed by atoms with Crippen molar-refractivity contribution in [3.8, 4) is 11.5 Å². The summed E-state index contributed by atoms with van der Waals surface area (Å²) in [6.07, 6.45) is 4.95. The van der Waals surface area contributed by atoms with Crippen LogP contribution in [0.25, 0.3) is 0 Å². The van der Waals surface area contributed by atoms with Gasteiger partial charge in [-0.1, -0.05) is 24.3 Å². The monoisotopic (exact) mass is 530 g/mol. The fraction of sp³-hybridized carbons (Fsp3) is 0.310. The number of para-hydroxylation sites is 2. The average Bonchev–Trinajstić information content (AvgIpc) is 3.58. The smallest absolute Gasteiger partial charge is 0.323 e. The van der Waals surface area contributed by atoms with Gasteiger partial charge in [-0.2, -0.15) is 0 Å². The van der Waals surface area contributed by atoms with Gasteiger partial charge in [-0.05, 0) is 67.6 Å². The second kappa shape index (κ2) is 11.4. The van der Waals surface area contributed by atoms with Crippen LogP contribution < -0.4 is 25.0 Å². The van der Waals surface area contributed by atoms with E-state index in [0.717, 1.165) is 18.4 Å². The Labute approximate surface area is 226 Å². The van der Waals surface area contributed by atoms with Crippen molar-refractivity contribution < 1.29 is 24.0 Å². The summed E-state index contributed by atoms with van der Waals surface area (Å²) >= 11 is 0. The largest absolute Gasteiger partial charge is 0.493 e. The molecular weight excluding hydrogens is 500 g/mol. The molecule has 1 unspecified atom stereocenters. The van der Waals surface area contributed by atoms with E-state index in [9.17, 15) is 19.7 Å². The normalized spacial score (nSPS) is 17.2. The van der Waals surface area contributed by atoms with Crippen molar-refractivity contribution in [3.05, 3.63) is 82.4 Å². The molecule has 3 aromatic carbocycles. The number of anilines is 3. The van der Waals surface area contributed by atoms with Crippen LogP contribution in [0, 0.1) is 10.1 Å². The molecule has 0 radical (unpaired) electrons. The fourth-order valence-electron chi connectivity index (χ4n) is 5.18. The highest BCUT2D eigenvalue weighted by Gasteiger charge is 2.32. The lowest BCUT2D eigenvalue weighted by atomic mass is 9.98. The van der Waals surface area contributed by atoms with Crippen LogP contribution in [-0.2, 0) is 4.79 Å². The topological polar surface area (TPSA) is 123 Å². The maximum Gasteiger partial charge on any atom is 0.323 e. The number of nitrogens with one attached hydrogen (secondary N) is 2. The third-order valence-electron chi connectivity index (χ3n) is 7.14. The third-order valence-corrected chi connectivity index (χ3v) is 7.14. The Morgan fingerprint density at radius 3 is 2.56 bits per heavy atom. The summed E-state index contributed by atoms with van der Waals surface area (Å²) in [5.41, 5.74) is 2.01. The van der Waals surface area contributed by atoms with Gasteiger partial charge in [0.1, 0.15) is 5.69 Å². The molecule has 39 heavy (non-hydrogen) atoms. The highest BCUT2D eigenvalue weighted by Crippen LogP contribution is 2.38. The van der Waals surface area contributed by atoms with E-state index in [2.05, 4.69) is 10.6 Å². The first-order valence-corrected chi connectivity index (χ1v) is 13.0. The molecule has 1 aliphatic carbocycles. The standard InChI is InChI=1S/C29H30N4O6/c1-38-26-14-13-19(15-27(26)39-23-9-2-3-10-23)20-16-28(34)32(18-20)22-8-6-7-21(17-22)30-29(35)31-24-11-4-5-12-25(24)33(36)37/h4-8,11-15,17,20,23H,2-3,9-10,16,18H2,1H3,(H2,30,31,35). The van der Waals surface area contributed by atoms with Crippen molar-refractivity contribution in [2.45, 2.75) is 44.1 Å². The van der Waals surface area contributed by atoms with Crippen molar-refractivity contribution in [3.63, 3.8) is 0 Å². The van der Waals surface area contributed by atoms with Crippen molar-refractivity contribution in [1.29, 1.82) is 0 Å². The van der Waals surface area contributed by atoms with E-state index in [1.807, 2.05) is 24.3 Å². The number of benzene rings is 3. The van der Waals surface area contributed by atoms with Crippen LogP contribution in [0.2, 0.25) is 0 Å².